The summed E-state index contributed by atoms with van der Waals surface area (Å²) in [5.74, 6) is 0.747. The van der Waals surface area contributed by atoms with E-state index in [-0.39, 0.29) is 5.41 Å². The molecule has 0 bridgehead atoms. The van der Waals surface area contributed by atoms with Crippen LogP contribution in [0.5, 0.6) is 0 Å². The van der Waals surface area contributed by atoms with E-state index in [1.807, 2.05) is 0 Å². The van der Waals surface area contributed by atoms with Crippen molar-refractivity contribution in [3.63, 3.8) is 0 Å². The molecule has 2 rings (SSSR count). The molecule has 1 saturated heterocycles. The molecule has 0 spiro atoms. The summed E-state index contributed by atoms with van der Waals surface area (Å²) in [5.41, 5.74) is 3.21. The van der Waals surface area contributed by atoms with Crippen LogP contribution in [0, 0.1) is 0 Å². The summed E-state index contributed by atoms with van der Waals surface area (Å²) >= 11 is 0. The van der Waals surface area contributed by atoms with Crippen LogP contribution < -0.4 is 5.32 Å². The number of rotatable bonds is 1. The lowest BCUT2D eigenvalue weighted by molar-refractivity contribution is 0.447. The van der Waals surface area contributed by atoms with Gasteiger partial charge in [-0.25, -0.2) is 0 Å². The summed E-state index contributed by atoms with van der Waals surface area (Å²) in [4.78, 5) is 0. The van der Waals surface area contributed by atoms with Crippen molar-refractivity contribution in [1.82, 2.24) is 5.32 Å². The van der Waals surface area contributed by atoms with Gasteiger partial charge in [0.25, 0.3) is 0 Å². The Morgan fingerprint density at radius 1 is 1.21 bits per heavy atom. The molecule has 1 heterocycles. The van der Waals surface area contributed by atoms with Gasteiger partial charge in [0.1, 0.15) is 0 Å². The van der Waals surface area contributed by atoms with Gasteiger partial charge in [0, 0.05) is 19.0 Å². The fourth-order valence-electron chi connectivity index (χ4n) is 1.78. The molecule has 1 heteroatoms. The molecule has 76 valence electrons. The topological polar surface area (TPSA) is 12.0 Å². The molecular weight excluding hydrogens is 170 g/mol. The van der Waals surface area contributed by atoms with Crippen LogP contribution >= 0.6 is 0 Å². The molecule has 1 aliphatic rings. The van der Waals surface area contributed by atoms with Crippen LogP contribution in [-0.2, 0) is 5.41 Å². The molecular formula is C13H19N. The van der Waals surface area contributed by atoms with Crippen LogP contribution in [0.2, 0.25) is 0 Å². The second kappa shape index (κ2) is 3.39. The van der Waals surface area contributed by atoms with E-state index in [0.717, 1.165) is 19.0 Å². The number of benzene rings is 1. The minimum absolute atomic E-state index is 0.271. The molecule has 0 unspecified atom stereocenters. The maximum absolute atomic E-state index is 3.32. The van der Waals surface area contributed by atoms with E-state index in [1.54, 1.807) is 0 Å². The third-order valence-corrected chi connectivity index (χ3v) is 3.01. The summed E-state index contributed by atoms with van der Waals surface area (Å²) in [5, 5.41) is 3.32. The highest BCUT2D eigenvalue weighted by atomic mass is 14.9. The molecule has 0 atom stereocenters. The van der Waals surface area contributed by atoms with E-state index >= 15 is 0 Å². The van der Waals surface area contributed by atoms with E-state index < -0.39 is 0 Å². The largest absolute Gasteiger partial charge is 0.315 e. The fraction of sp³-hybridized carbons (Fsp3) is 0.538. The zero-order chi connectivity index (χ0) is 10.2. The van der Waals surface area contributed by atoms with Crippen LogP contribution in [0.25, 0.3) is 0 Å². The molecule has 0 aromatic heterocycles. The molecule has 0 aliphatic carbocycles. The van der Waals surface area contributed by atoms with Crippen LogP contribution in [0.4, 0.5) is 0 Å². The van der Waals surface area contributed by atoms with Gasteiger partial charge >= 0.3 is 0 Å². The van der Waals surface area contributed by atoms with Crippen molar-refractivity contribution in [2.45, 2.75) is 32.1 Å². The number of hydrogen-bond donors (Lipinski definition) is 1. The Hall–Kier alpha value is -0.820. The smallest absolute Gasteiger partial charge is 0.00886 e. The minimum atomic E-state index is 0.271. The van der Waals surface area contributed by atoms with Gasteiger partial charge in [0.15, 0.2) is 0 Å². The summed E-state index contributed by atoms with van der Waals surface area (Å²) in [6.45, 7) is 9.10. The lowest BCUT2D eigenvalue weighted by atomic mass is 9.83. The second-order valence-corrected chi connectivity index (χ2v) is 5.23. The Morgan fingerprint density at radius 3 is 2.43 bits per heavy atom. The number of hydrogen-bond acceptors (Lipinski definition) is 1. The third-order valence-electron chi connectivity index (χ3n) is 3.01. The van der Waals surface area contributed by atoms with E-state index in [0.29, 0.717) is 0 Å². The molecule has 0 saturated carbocycles. The summed E-state index contributed by atoms with van der Waals surface area (Å²) < 4.78 is 0. The lowest BCUT2D eigenvalue weighted by Crippen LogP contribution is -2.39. The average molecular weight is 189 g/mol. The first kappa shape index (κ1) is 9.72. The van der Waals surface area contributed by atoms with Gasteiger partial charge in [-0.05, 0) is 16.5 Å². The Morgan fingerprint density at radius 2 is 1.93 bits per heavy atom. The van der Waals surface area contributed by atoms with Gasteiger partial charge in [-0.15, -0.1) is 0 Å². The van der Waals surface area contributed by atoms with Gasteiger partial charge in [-0.1, -0.05) is 45.0 Å². The SMILES string of the molecule is CC(C)(C)c1cccc(C2CNC2)c1. The maximum Gasteiger partial charge on any atom is 0.00886 e. The zero-order valence-corrected chi connectivity index (χ0v) is 9.30. The van der Waals surface area contributed by atoms with Gasteiger partial charge in [0.05, 0.1) is 0 Å². The van der Waals surface area contributed by atoms with Crippen molar-refractivity contribution in [2.75, 3.05) is 13.1 Å². The van der Waals surface area contributed by atoms with Gasteiger partial charge in [-0.2, -0.15) is 0 Å². The first-order chi connectivity index (χ1) is 6.57. The van der Waals surface area contributed by atoms with E-state index in [2.05, 4.69) is 50.4 Å². The van der Waals surface area contributed by atoms with E-state index in [4.69, 9.17) is 0 Å². The van der Waals surface area contributed by atoms with E-state index in [9.17, 15) is 0 Å². The molecule has 0 amide bonds. The van der Waals surface area contributed by atoms with Crippen LogP contribution in [-0.4, -0.2) is 13.1 Å². The molecule has 0 radical (unpaired) electrons. The Labute approximate surface area is 86.5 Å². The lowest BCUT2D eigenvalue weighted by Gasteiger charge is -2.29. The average Bonchev–Trinajstić information content (AvgIpc) is 2.00. The minimum Gasteiger partial charge on any atom is -0.315 e. The highest BCUT2D eigenvalue weighted by molar-refractivity contribution is 5.32. The first-order valence-electron chi connectivity index (χ1n) is 5.38. The van der Waals surface area contributed by atoms with Gasteiger partial charge in [0.2, 0.25) is 0 Å². The van der Waals surface area contributed by atoms with Crippen molar-refractivity contribution < 1.29 is 0 Å². The highest BCUT2D eigenvalue weighted by Gasteiger charge is 2.20. The molecule has 1 aliphatic heterocycles. The fourth-order valence-corrected chi connectivity index (χ4v) is 1.78. The Kier molecular flexibility index (Phi) is 2.36. The quantitative estimate of drug-likeness (QED) is 0.716. The molecule has 1 aromatic rings. The van der Waals surface area contributed by atoms with Gasteiger partial charge < -0.3 is 5.32 Å². The van der Waals surface area contributed by atoms with Crippen molar-refractivity contribution >= 4 is 0 Å². The monoisotopic (exact) mass is 189 g/mol. The second-order valence-electron chi connectivity index (χ2n) is 5.23. The summed E-state index contributed by atoms with van der Waals surface area (Å²) in [6, 6.07) is 9.04. The van der Waals surface area contributed by atoms with Crippen LogP contribution in [0.1, 0.15) is 37.8 Å². The Bertz CT molecular complexity index is 318. The van der Waals surface area contributed by atoms with Gasteiger partial charge in [-0.3, -0.25) is 0 Å². The number of nitrogens with one attached hydrogen (secondary N) is 1. The summed E-state index contributed by atoms with van der Waals surface area (Å²) in [7, 11) is 0. The maximum atomic E-state index is 3.32. The molecule has 1 nitrogen and oxygen atoms in total. The normalized spacial score (nSPS) is 17.9. The predicted octanol–water partition coefficient (Wildman–Crippen LogP) is 2.67. The first-order valence-corrected chi connectivity index (χ1v) is 5.38. The molecule has 1 aromatic carbocycles. The van der Waals surface area contributed by atoms with Crippen LogP contribution in [0.3, 0.4) is 0 Å². The highest BCUT2D eigenvalue weighted by Crippen LogP contribution is 2.27. The van der Waals surface area contributed by atoms with Crippen molar-refractivity contribution in [3.8, 4) is 0 Å². The molecule has 14 heavy (non-hydrogen) atoms. The zero-order valence-electron chi connectivity index (χ0n) is 9.30. The Balaban J connectivity index is 2.26. The van der Waals surface area contributed by atoms with Crippen LogP contribution in [0.15, 0.2) is 24.3 Å². The standard InChI is InChI=1S/C13H19N/c1-13(2,3)12-6-4-5-10(7-12)11-8-14-9-11/h4-7,11,14H,8-9H2,1-3H3. The predicted molar refractivity (Wildman–Crippen MR) is 60.8 cm³/mol. The summed E-state index contributed by atoms with van der Waals surface area (Å²) in [6.07, 6.45) is 0. The van der Waals surface area contributed by atoms with Crippen molar-refractivity contribution in [3.05, 3.63) is 35.4 Å². The molecule has 1 fully saturated rings. The molecule has 1 N–H and O–H groups in total. The van der Waals surface area contributed by atoms with Crippen molar-refractivity contribution in [2.24, 2.45) is 0 Å². The van der Waals surface area contributed by atoms with Crippen molar-refractivity contribution in [1.29, 1.82) is 0 Å². The third kappa shape index (κ3) is 1.83. The van der Waals surface area contributed by atoms with E-state index in [1.165, 1.54) is 11.1 Å².